The maximum absolute atomic E-state index is 14.8. The van der Waals surface area contributed by atoms with Crippen LogP contribution in [-0.2, 0) is 11.8 Å². The maximum Gasteiger partial charge on any atom is 0.228 e. The van der Waals surface area contributed by atoms with E-state index in [1.165, 1.54) is 12.1 Å². The van der Waals surface area contributed by atoms with Gasteiger partial charge in [-0.3, -0.25) is 4.68 Å². The summed E-state index contributed by atoms with van der Waals surface area (Å²) in [6.45, 7) is 6.68. The Morgan fingerprint density at radius 2 is 1.82 bits per heavy atom. The van der Waals surface area contributed by atoms with E-state index in [4.69, 9.17) is 9.72 Å². The summed E-state index contributed by atoms with van der Waals surface area (Å²) in [6, 6.07) is 3.41. The first kappa shape index (κ1) is 21.3. The van der Waals surface area contributed by atoms with E-state index in [0.29, 0.717) is 35.9 Å². The van der Waals surface area contributed by atoms with Crippen LogP contribution in [0.15, 0.2) is 30.6 Å². The van der Waals surface area contributed by atoms with E-state index in [9.17, 15) is 8.78 Å². The first-order valence-corrected chi connectivity index (χ1v) is 10.7. The van der Waals surface area contributed by atoms with E-state index in [0.717, 1.165) is 17.3 Å². The van der Waals surface area contributed by atoms with Gasteiger partial charge in [-0.15, -0.1) is 0 Å². The number of ether oxygens (including phenoxy) is 1. The molecule has 0 saturated carbocycles. The molecule has 1 fully saturated rings. The Bertz CT molecular complexity index is 1360. The van der Waals surface area contributed by atoms with Gasteiger partial charge in [0.2, 0.25) is 5.95 Å². The van der Waals surface area contributed by atoms with Gasteiger partial charge in [0, 0.05) is 37.0 Å². The fourth-order valence-electron chi connectivity index (χ4n) is 4.02. The molecule has 1 aliphatic rings. The van der Waals surface area contributed by atoms with Crippen LogP contribution in [0.1, 0.15) is 30.0 Å². The van der Waals surface area contributed by atoms with E-state index < -0.39 is 11.6 Å². The zero-order valence-corrected chi connectivity index (χ0v) is 18.8. The highest BCUT2D eigenvalue weighted by Crippen LogP contribution is 2.32. The van der Waals surface area contributed by atoms with Crippen molar-refractivity contribution in [3.05, 3.63) is 59.2 Å². The lowest BCUT2D eigenvalue weighted by Gasteiger charge is -2.36. The Hall–Kier alpha value is -3.53. The van der Waals surface area contributed by atoms with Gasteiger partial charge in [-0.2, -0.15) is 10.1 Å². The third-order valence-corrected chi connectivity index (χ3v) is 5.76. The summed E-state index contributed by atoms with van der Waals surface area (Å²) in [4.78, 5) is 20.5. The number of halogens is 2. The summed E-state index contributed by atoms with van der Waals surface area (Å²) in [7, 11) is 1.85. The predicted octanol–water partition coefficient (Wildman–Crippen LogP) is 3.68. The molecule has 8 nitrogen and oxygen atoms in total. The second kappa shape index (κ2) is 8.11. The van der Waals surface area contributed by atoms with Gasteiger partial charge in [0.1, 0.15) is 28.9 Å². The van der Waals surface area contributed by atoms with Crippen LogP contribution in [0.2, 0.25) is 0 Å². The fourth-order valence-corrected chi connectivity index (χ4v) is 4.02. The average molecular weight is 451 g/mol. The number of aryl methyl sites for hydroxylation is 3. The molecule has 0 spiro atoms. The number of fused-ring (bicyclic) bond motifs is 1. The van der Waals surface area contributed by atoms with Crippen molar-refractivity contribution in [3.8, 4) is 11.3 Å². The van der Waals surface area contributed by atoms with E-state index in [-0.39, 0.29) is 23.5 Å². The zero-order valence-electron chi connectivity index (χ0n) is 18.8. The summed E-state index contributed by atoms with van der Waals surface area (Å²) in [6.07, 6.45) is 3.37. The van der Waals surface area contributed by atoms with Gasteiger partial charge in [-0.1, -0.05) is 0 Å². The third kappa shape index (κ3) is 4.02. The van der Waals surface area contributed by atoms with Gasteiger partial charge in [0.15, 0.2) is 5.65 Å². The van der Waals surface area contributed by atoms with E-state index in [1.807, 2.05) is 38.9 Å². The molecular formula is C23H23F2N7O. The van der Waals surface area contributed by atoms with Gasteiger partial charge in [0.25, 0.3) is 0 Å². The van der Waals surface area contributed by atoms with Crippen molar-refractivity contribution in [1.82, 2.24) is 29.7 Å². The number of benzene rings is 1. The molecule has 10 heteroatoms. The second-order valence-electron chi connectivity index (χ2n) is 8.35. The molecule has 0 N–H and O–H groups in total. The Morgan fingerprint density at radius 1 is 1.03 bits per heavy atom. The van der Waals surface area contributed by atoms with Crippen molar-refractivity contribution in [2.45, 2.75) is 33.0 Å². The highest BCUT2D eigenvalue weighted by Gasteiger charge is 2.30. The molecule has 1 aliphatic heterocycles. The van der Waals surface area contributed by atoms with Crippen molar-refractivity contribution in [2.75, 3.05) is 18.0 Å². The van der Waals surface area contributed by atoms with Crippen molar-refractivity contribution >= 4 is 17.1 Å². The van der Waals surface area contributed by atoms with Crippen molar-refractivity contribution < 1.29 is 13.5 Å². The Morgan fingerprint density at radius 3 is 2.55 bits per heavy atom. The molecule has 33 heavy (non-hydrogen) atoms. The number of nitrogens with zero attached hydrogens (tertiary/aromatic N) is 7. The number of aromatic nitrogens is 6. The monoisotopic (exact) mass is 451 g/mol. The van der Waals surface area contributed by atoms with E-state index in [2.05, 4.69) is 20.1 Å². The van der Waals surface area contributed by atoms with Crippen LogP contribution in [0.3, 0.4) is 0 Å². The largest absolute Gasteiger partial charge is 0.367 e. The lowest BCUT2D eigenvalue weighted by atomic mass is 10.1. The number of anilines is 1. The fraction of sp³-hybridized carbons (Fsp3) is 0.348. The maximum atomic E-state index is 14.8. The Balaban J connectivity index is 1.64. The molecule has 5 rings (SSSR count). The summed E-state index contributed by atoms with van der Waals surface area (Å²) in [5, 5.41) is 4.24. The number of hydrogen-bond acceptors (Lipinski definition) is 7. The minimum absolute atomic E-state index is 0.0971. The summed E-state index contributed by atoms with van der Waals surface area (Å²) >= 11 is 0. The summed E-state index contributed by atoms with van der Waals surface area (Å²) < 4.78 is 36.2. The van der Waals surface area contributed by atoms with Gasteiger partial charge in [-0.25, -0.2) is 23.7 Å². The van der Waals surface area contributed by atoms with Gasteiger partial charge >= 0.3 is 0 Å². The van der Waals surface area contributed by atoms with Gasteiger partial charge in [0.05, 0.1) is 30.2 Å². The van der Waals surface area contributed by atoms with Crippen LogP contribution in [0.4, 0.5) is 14.7 Å². The minimum atomic E-state index is -0.718. The second-order valence-corrected chi connectivity index (χ2v) is 8.35. The zero-order chi connectivity index (χ0) is 23.3. The van der Waals surface area contributed by atoms with Gasteiger partial charge in [-0.05, 0) is 32.9 Å². The average Bonchev–Trinajstić information content (AvgIpc) is 3.20. The first-order valence-electron chi connectivity index (χ1n) is 10.7. The minimum Gasteiger partial charge on any atom is -0.367 e. The molecule has 2 atom stereocenters. The highest BCUT2D eigenvalue weighted by molar-refractivity contribution is 5.88. The van der Waals surface area contributed by atoms with Crippen LogP contribution in [0.25, 0.3) is 22.4 Å². The number of morpholine rings is 1. The molecule has 0 radical (unpaired) electrons. The van der Waals surface area contributed by atoms with Crippen LogP contribution in [0, 0.1) is 25.5 Å². The topological polar surface area (TPSA) is 81.9 Å². The van der Waals surface area contributed by atoms with Crippen LogP contribution in [0.5, 0.6) is 0 Å². The van der Waals surface area contributed by atoms with Crippen molar-refractivity contribution in [3.63, 3.8) is 0 Å². The lowest BCUT2D eigenvalue weighted by molar-refractivity contribution is -0.0178. The highest BCUT2D eigenvalue weighted by atomic mass is 19.1. The first-order chi connectivity index (χ1) is 15.8. The molecule has 0 bridgehead atoms. The van der Waals surface area contributed by atoms with Crippen LogP contribution < -0.4 is 4.90 Å². The predicted molar refractivity (Wildman–Crippen MR) is 119 cm³/mol. The van der Waals surface area contributed by atoms with E-state index >= 15 is 0 Å². The van der Waals surface area contributed by atoms with E-state index in [1.54, 1.807) is 10.9 Å². The molecule has 0 amide bonds. The number of hydrogen-bond donors (Lipinski definition) is 0. The Labute approximate surface area is 189 Å². The molecule has 1 aromatic carbocycles. The molecule has 4 heterocycles. The van der Waals surface area contributed by atoms with Gasteiger partial charge < -0.3 is 9.64 Å². The smallest absolute Gasteiger partial charge is 0.228 e. The Kier molecular flexibility index (Phi) is 5.24. The van der Waals surface area contributed by atoms with Crippen LogP contribution in [-0.4, -0.2) is 48.9 Å². The van der Waals surface area contributed by atoms with Crippen molar-refractivity contribution in [2.24, 2.45) is 7.05 Å². The molecule has 4 aromatic rings. The lowest BCUT2D eigenvalue weighted by Crippen LogP contribution is -2.43. The molecule has 1 saturated heterocycles. The third-order valence-electron chi connectivity index (χ3n) is 5.76. The number of rotatable bonds is 3. The SMILES string of the molecule is Cc1nc2nc(N3CC(C)OC(c4cnn(C)c4)C3)nc(-c3ccc(F)cc3F)c2nc1C. The molecule has 170 valence electrons. The van der Waals surface area contributed by atoms with Crippen molar-refractivity contribution in [1.29, 1.82) is 0 Å². The molecular weight excluding hydrogens is 428 g/mol. The summed E-state index contributed by atoms with van der Waals surface area (Å²) in [5.74, 6) is -0.985. The quantitative estimate of drug-likeness (QED) is 0.470. The molecule has 2 unspecified atom stereocenters. The molecule has 3 aromatic heterocycles. The summed E-state index contributed by atoms with van der Waals surface area (Å²) in [5.41, 5.74) is 3.52. The standard InChI is InChI=1S/C23H23F2N7O/c1-12-9-32(11-19(33-12)15-8-26-31(4)10-15)23-29-20(17-6-5-16(24)7-18(17)25)21-22(30-23)28-14(3)13(2)27-21/h5-8,10,12,19H,9,11H2,1-4H3. The normalized spacial score (nSPS) is 18.8. The van der Waals surface area contributed by atoms with Crippen LogP contribution >= 0.6 is 0 Å². The molecule has 0 aliphatic carbocycles.